The molecule has 0 amide bonds. The molecule has 104 valence electrons. The molecule has 3 heteroatoms. The lowest BCUT2D eigenvalue weighted by Gasteiger charge is -2.32. The SMILES string of the molecule is CC(N)(CN1CCc2ccc(F)cc21)c1ccccc1. The summed E-state index contributed by atoms with van der Waals surface area (Å²) in [5, 5.41) is 0. The Morgan fingerprint density at radius 1 is 1.20 bits per heavy atom. The Morgan fingerprint density at radius 3 is 2.70 bits per heavy atom. The number of benzene rings is 2. The normalized spacial score (nSPS) is 16.9. The van der Waals surface area contributed by atoms with Gasteiger partial charge in [-0.3, -0.25) is 0 Å². The van der Waals surface area contributed by atoms with Crippen molar-refractivity contribution in [2.45, 2.75) is 18.9 Å². The Kier molecular flexibility index (Phi) is 3.22. The zero-order valence-electron chi connectivity index (χ0n) is 11.6. The summed E-state index contributed by atoms with van der Waals surface area (Å²) < 4.78 is 13.4. The Hall–Kier alpha value is -1.87. The Morgan fingerprint density at radius 2 is 1.95 bits per heavy atom. The topological polar surface area (TPSA) is 29.3 Å². The fraction of sp³-hybridized carbons (Fsp3) is 0.294. The summed E-state index contributed by atoms with van der Waals surface area (Å²) in [6.07, 6.45) is 0.959. The van der Waals surface area contributed by atoms with Crippen LogP contribution in [-0.4, -0.2) is 13.1 Å². The van der Waals surface area contributed by atoms with Crippen LogP contribution in [0, 0.1) is 5.82 Å². The standard InChI is InChI=1S/C17H19FN2/c1-17(19,14-5-3-2-4-6-14)12-20-10-9-13-7-8-15(18)11-16(13)20/h2-8,11H,9-10,12,19H2,1H3. The highest BCUT2D eigenvalue weighted by atomic mass is 19.1. The molecule has 0 bridgehead atoms. The van der Waals surface area contributed by atoms with Crippen molar-refractivity contribution < 1.29 is 4.39 Å². The number of fused-ring (bicyclic) bond motifs is 1. The molecule has 0 aromatic heterocycles. The minimum atomic E-state index is -0.449. The van der Waals surface area contributed by atoms with Crippen molar-refractivity contribution in [3.8, 4) is 0 Å². The van der Waals surface area contributed by atoms with E-state index in [9.17, 15) is 4.39 Å². The van der Waals surface area contributed by atoms with Crippen LogP contribution >= 0.6 is 0 Å². The van der Waals surface area contributed by atoms with Gasteiger partial charge in [-0.05, 0) is 36.6 Å². The predicted octanol–water partition coefficient (Wildman–Crippen LogP) is 3.06. The maximum atomic E-state index is 13.4. The third kappa shape index (κ3) is 2.41. The van der Waals surface area contributed by atoms with Crippen molar-refractivity contribution in [1.82, 2.24) is 0 Å². The molecule has 2 N–H and O–H groups in total. The van der Waals surface area contributed by atoms with E-state index in [0.29, 0.717) is 6.54 Å². The van der Waals surface area contributed by atoms with Crippen molar-refractivity contribution >= 4 is 5.69 Å². The lowest BCUT2D eigenvalue weighted by atomic mass is 9.92. The van der Waals surface area contributed by atoms with Gasteiger partial charge in [0.15, 0.2) is 0 Å². The first kappa shape index (κ1) is 13.1. The van der Waals surface area contributed by atoms with E-state index in [0.717, 1.165) is 24.2 Å². The van der Waals surface area contributed by atoms with Crippen LogP contribution in [0.1, 0.15) is 18.1 Å². The van der Waals surface area contributed by atoms with E-state index in [-0.39, 0.29) is 5.82 Å². The van der Waals surface area contributed by atoms with Crippen molar-refractivity contribution in [3.63, 3.8) is 0 Å². The van der Waals surface area contributed by atoms with Crippen molar-refractivity contribution in [3.05, 3.63) is 65.5 Å². The van der Waals surface area contributed by atoms with Gasteiger partial charge in [-0.25, -0.2) is 4.39 Å². The quantitative estimate of drug-likeness (QED) is 0.928. The van der Waals surface area contributed by atoms with E-state index in [4.69, 9.17) is 5.73 Å². The van der Waals surface area contributed by atoms with Crippen molar-refractivity contribution in [2.75, 3.05) is 18.0 Å². The highest BCUT2D eigenvalue weighted by Crippen LogP contribution is 2.31. The molecule has 1 atom stereocenters. The molecule has 2 nitrogen and oxygen atoms in total. The van der Waals surface area contributed by atoms with Gasteiger partial charge in [0.05, 0.1) is 5.54 Å². The van der Waals surface area contributed by atoms with Crippen LogP contribution in [0.5, 0.6) is 0 Å². The number of rotatable bonds is 3. The van der Waals surface area contributed by atoms with Crippen LogP contribution in [0.4, 0.5) is 10.1 Å². The van der Waals surface area contributed by atoms with Gasteiger partial charge < -0.3 is 10.6 Å². The van der Waals surface area contributed by atoms with Gasteiger partial charge in [0, 0.05) is 18.8 Å². The Labute approximate surface area is 119 Å². The largest absolute Gasteiger partial charge is 0.369 e. The summed E-state index contributed by atoms with van der Waals surface area (Å²) in [7, 11) is 0. The lowest BCUT2D eigenvalue weighted by molar-refractivity contribution is 0.488. The van der Waals surface area contributed by atoms with E-state index in [1.165, 1.54) is 11.6 Å². The summed E-state index contributed by atoms with van der Waals surface area (Å²) in [5.74, 6) is -0.186. The number of hydrogen-bond acceptors (Lipinski definition) is 2. The minimum Gasteiger partial charge on any atom is -0.369 e. The summed E-state index contributed by atoms with van der Waals surface area (Å²) in [4.78, 5) is 2.19. The van der Waals surface area contributed by atoms with Crippen LogP contribution in [0.15, 0.2) is 48.5 Å². The first-order valence-electron chi connectivity index (χ1n) is 6.94. The number of anilines is 1. The monoisotopic (exact) mass is 270 g/mol. The molecule has 1 aliphatic rings. The Balaban J connectivity index is 1.85. The molecule has 0 saturated heterocycles. The predicted molar refractivity (Wildman–Crippen MR) is 80.3 cm³/mol. The minimum absolute atomic E-state index is 0.186. The highest BCUT2D eigenvalue weighted by Gasteiger charge is 2.28. The fourth-order valence-corrected chi connectivity index (χ4v) is 2.89. The van der Waals surface area contributed by atoms with Gasteiger partial charge >= 0.3 is 0 Å². The van der Waals surface area contributed by atoms with Crippen LogP contribution in [0.25, 0.3) is 0 Å². The van der Waals surface area contributed by atoms with Crippen molar-refractivity contribution in [2.24, 2.45) is 5.73 Å². The third-order valence-corrected chi connectivity index (χ3v) is 3.99. The smallest absolute Gasteiger partial charge is 0.125 e. The molecule has 0 aliphatic carbocycles. The van der Waals surface area contributed by atoms with Gasteiger partial charge in [0.1, 0.15) is 5.82 Å². The zero-order chi connectivity index (χ0) is 14.2. The molecule has 0 spiro atoms. The second kappa shape index (κ2) is 4.91. The lowest BCUT2D eigenvalue weighted by Crippen LogP contribution is -2.45. The first-order valence-corrected chi connectivity index (χ1v) is 6.94. The zero-order valence-corrected chi connectivity index (χ0v) is 11.6. The number of halogens is 1. The molecule has 0 radical (unpaired) electrons. The van der Waals surface area contributed by atoms with E-state index >= 15 is 0 Å². The molecule has 2 aromatic carbocycles. The summed E-state index contributed by atoms with van der Waals surface area (Å²) in [6, 6.07) is 15.1. The number of nitrogens with zero attached hydrogens (tertiary/aromatic N) is 1. The van der Waals surface area contributed by atoms with Gasteiger partial charge in [-0.15, -0.1) is 0 Å². The van der Waals surface area contributed by atoms with Gasteiger partial charge in [-0.2, -0.15) is 0 Å². The van der Waals surface area contributed by atoms with Crippen LogP contribution in [0.3, 0.4) is 0 Å². The van der Waals surface area contributed by atoms with Gasteiger partial charge in [-0.1, -0.05) is 36.4 Å². The van der Waals surface area contributed by atoms with Gasteiger partial charge in [0.25, 0.3) is 0 Å². The molecular formula is C17H19FN2. The van der Waals surface area contributed by atoms with E-state index < -0.39 is 5.54 Å². The summed E-state index contributed by atoms with van der Waals surface area (Å²) >= 11 is 0. The maximum Gasteiger partial charge on any atom is 0.125 e. The van der Waals surface area contributed by atoms with E-state index in [1.54, 1.807) is 6.07 Å². The molecule has 1 heterocycles. The van der Waals surface area contributed by atoms with Crippen LogP contribution in [0.2, 0.25) is 0 Å². The van der Waals surface area contributed by atoms with Crippen LogP contribution < -0.4 is 10.6 Å². The molecule has 0 fully saturated rings. The average molecular weight is 270 g/mol. The van der Waals surface area contributed by atoms with Crippen molar-refractivity contribution in [1.29, 1.82) is 0 Å². The molecule has 0 saturated carbocycles. The second-order valence-electron chi connectivity index (χ2n) is 5.73. The molecule has 1 unspecified atom stereocenters. The van der Waals surface area contributed by atoms with Gasteiger partial charge in [0.2, 0.25) is 0 Å². The third-order valence-electron chi connectivity index (χ3n) is 3.99. The molecule has 1 aliphatic heterocycles. The molecular weight excluding hydrogens is 251 g/mol. The maximum absolute atomic E-state index is 13.4. The summed E-state index contributed by atoms with van der Waals surface area (Å²) in [5.41, 5.74) is 9.32. The fourth-order valence-electron chi connectivity index (χ4n) is 2.89. The number of hydrogen-bond donors (Lipinski definition) is 1. The molecule has 20 heavy (non-hydrogen) atoms. The van der Waals surface area contributed by atoms with E-state index in [2.05, 4.69) is 4.90 Å². The Bertz CT molecular complexity index is 608. The average Bonchev–Trinajstić information content (AvgIpc) is 2.82. The van der Waals surface area contributed by atoms with E-state index in [1.807, 2.05) is 43.3 Å². The molecule has 2 aromatic rings. The highest BCUT2D eigenvalue weighted by molar-refractivity contribution is 5.58. The summed E-state index contributed by atoms with van der Waals surface area (Å²) in [6.45, 7) is 3.62. The number of nitrogens with two attached hydrogens (primary N) is 1. The molecule has 3 rings (SSSR count). The van der Waals surface area contributed by atoms with Crippen LogP contribution in [-0.2, 0) is 12.0 Å². The second-order valence-corrected chi connectivity index (χ2v) is 5.73. The first-order chi connectivity index (χ1) is 9.56.